The minimum absolute atomic E-state index is 0.224. The van der Waals surface area contributed by atoms with Crippen LogP contribution in [0.5, 0.6) is 0 Å². The number of halogens is 1. The van der Waals surface area contributed by atoms with E-state index in [9.17, 15) is 9.59 Å². The number of rotatable bonds is 6. The number of anilines is 2. The third-order valence-corrected chi connectivity index (χ3v) is 5.52. The molecule has 2 rings (SSSR count). The van der Waals surface area contributed by atoms with E-state index in [1.54, 1.807) is 20.8 Å². The number of hydrogen-bond donors (Lipinski definition) is 2. The maximum atomic E-state index is 12.4. The molecule has 9 heteroatoms. The van der Waals surface area contributed by atoms with Gasteiger partial charge in [0.05, 0.1) is 24.5 Å². The van der Waals surface area contributed by atoms with Crippen molar-refractivity contribution in [2.24, 2.45) is 0 Å². The van der Waals surface area contributed by atoms with Gasteiger partial charge in [-0.2, -0.15) is 0 Å². The number of ether oxygens (including phenoxy) is 2. The van der Waals surface area contributed by atoms with Crippen molar-refractivity contribution in [1.29, 1.82) is 0 Å². The first-order chi connectivity index (χ1) is 12.9. The van der Waals surface area contributed by atoms with Gasteiger partial charge in [0.25, 0.3) is 0 Å². The summed E-state index contributed by atoms with van der Waals surface area (Å²) in [6.07, 6.45) is 0. The fourth-order valence-electron chi connectivity index (χ4n) is 2.26. The molecule has 0 unspecified atom stereocenters. The van der Waals surface area contributed by atoms with E-state index in [2.05, 4.69) is 26.6 Å². The molecule has 0 aliphatic rings. The van der Waals surface area contributed by atoms with Crippen LogP contribution < -0.4 is 10.6 Å². The summed E-state index contributed by atoms with van der Waals surface area (Å²) in [4.78, 5) is 24.9. The Balaban J connectivity index is 2.32. The molecule has 2 aromatic rings. The van der Waals surface area contributed by atoms with Crippen LogP contribution in [0.15, 0.2) is 28.7 Å². The molecule has 0 amide bonds. The number of esters is 2. The summed E-state index contributed by atoms with van der Waals surface area (Å²) >= 11 is 9.90. The molecule has 1 aromatic heterocycles. The van der Waals surface area contributed by atoms with Gasteiger partial charge in [-0.05, 0) is 66.6 Å². The Morgan fingerprint density at radius 2 is 1.74 bits per heavy atom. The minimum Gasteiger partial charge on any atom is -0.462 e. The van der Waals surface area contributed by atoms with Gasteiger partial charge >= 0.3 is 11.9 Å². The van der Waals surface area contributed by atoms with Crippen molar-refractivity contribution < 1.29 is 19.1 Å². The van der Waals surface area contributed by atoms with Gasteiger partial charge in [-0.25, -0.2) is 9.59 Å². The maximum Gasteiger partial charge on any atom is 0.348 e. The van der Waals surface area contributed by atoms with Gasteiger partial charge in [-0.1, -0.05) is 12.1 Å². The first-order valence-corrected chi connectivity index (χ1v) is 10.2. The molecule has 0 atom stereocenters. The number of thiophene rings is 1. The van der Waals surface area contributed by atoms with E-state index in [1.165, 1.54) is 0 Å². The van der Waals surface area contributed by atoms with Crippen molar-refractivity contribution in [2.45, 2.75) is 20.8 Å². The van der Waals surface area contributed by atoms with E-state index in [0.29, 0.717) is 15.4 Å². The van der Waals surface area contributed by atoms with Gasteiger partial charge in [0, 0.05) is 4.47 Å². The molecule has 0 saturated heterocycles. The van der Waals surface area contributed by atoms with E-state index < -0.39 is 11.9 Å². The van der Waals surface area contributed by atoms with Crippen LogP contribution in [0.25, 0.3) is 0 Å². The van der Waals surface area contributed by atoms with E-state index >= 15 is 0 Å². The quantitative estimate of drug-likeness (QED) is 0.455. The summed E-state index contributed by atoms with van der Waals surface area (Å²) in [6.45, 7) is 5.60. The Morgan fingerprint density at radius 1 is 1.11 bits per heavy atom. The number of thiocarbonyl (C=S) groups is 1. The van der Waals surface area contributed by atoms with Gasteiger partial charge < -0.3 is 20.1 Å². The van der Waals surface area contributed by atoms with Gasteiger partial charge in [0.2, 0.25) is 0 Å². The van der Waals surface area contributed by atoms with Crippen LogP contribution in [0.1, 0.15) is 39.4 Å². The Morgan fingerprint density at radius 3 is 2.37 bits per heavy atom. The molecule has 6 nitrogen and oxygen atoms in total. The average Bonchev–Trinajstić information content (AvgIpc) is 2.93. The fourth-order valence-corrected chi connectivity index (χ4v) is 4.01. The third-order valence-electron chi connectivity index (χ3n) is 3.44. The predicted octanol–water partition coefficient (Wildman–Crippen LogP) is 4.98. The van der Waals surface area contributed by atoms with Crippen molar-refractivity contribution >= 4 is 67.2 Å². The molecule has 1 aromatic carbocycles. The number of nitrogens with one attached hydrogen (secondary N) is 2. The monoisotopic (exact) mass is 470 g/mol. The van der Waals surface area contributed by atoms with Crippen molar-refractivity contribution in [3.05, 3.63) is 44.7 Å². The number of hydrogen-bond acceptors (Lipinski definition) is 6. The maximum absolute atomic E-state index is 12.4. The Kier molecular flexibility index (Phi) is 7.76. The molecule has 0 fully saturated rings. The first kappa shape index (κ1) is 21.3. The molecule has 0 bridgehead atoms. The smallest absolute Gasteiger partial charge is 0.348 e. The van der Waals surface area contributed by atoms with Gasteiger partial charge in [0.1, 0.15) is 9.88 Å². The van der Waals surface area contributed by atoms with Crippen LogP contribution in [-0.4, -0.2) is 30.3 Å². The van der Waals surface area contributed by atoms with Crippen LogP contribution in [0.2, 0.25) is 0 Å². The highest BCUT2D eigenvalue weighted by Crippen LogP contribution is 2.34. The zero-order chi connectivity index (χ0) is 20.0. The number of benzene rings is 1. The van der Waals surface area contributed by atoms with E-state index in [1.807, 2.05) is 24.3 Å². The summed E-state index contributed by atoms with van der Waals surface area (Å²) < 4.78 is 11.0. The Labute approximate surface area is 175 Å². The van der Waals surface area contributed by atoms with Crippen molar-refractivity contribution in [2.75, 3.05) is 23.8 Å². The molecule has 0 radical (unpaired) electrons. The van der Waals surface area contributed by atoms with Crippen molar-refractivity contribution in [1.82, 2.24) is 0 Å². The number of carbonyl (C=O) groups excluding carboxylic acids is 2. The topological polar surface area (TPSA) is 76.7 Å². The van der Waals surface area contributed by atoms with Crippen LogP contribution in [0.3, 0.4) is 0 Å². The SMILES string of the molecule is CCOC(=O)c1sc(NC(=S)Nc2ccccc2Br)c(C(=O)OCC)c1C. The van der Waals surface area contributed by atoms with Crippen LogP contribution in [0.4, 0.5) is 10.7 Å². The number of carbonyl (C=O) groups is 2. The lowest BCUT2D eigenvalue weighted by Gasteiger charge is -2.12. The van der Waals surface area contributed by atoms with E-state index in [4.69, 9.17) is 21.7 Å². The fraction of sp³-hybridized carbons (Fsp3) is 0.278. The standard InChI is InChI=1S/C18H19BrN2O4S2/c1-4-24-16(22)13-10(3)14(17(23)25-5-2)27-15(13)21-18(26)20-12-9-7-6-8-11(12)19/h6-9H,4-5H2,1-3H3,(H2,20,21,26). The van der Waals surface area contributed by atoms with Gasteiger partial charge in [0.15, 0.2) is 5.11 Å². The highest BCUT2D eigenvalue weighted by molar-refractivity contribution is 9.10. The average molecular weight is 471 g/mol. The van der Waals surface area contributed by atoms with E-state index in [-0.39, 0.29) is 23.9 Å². The second-order valence-corrected chi connectivity index (χ2v) is 7.54. The lowest BCUT2D eigenvalue weighted by Crippen LogP contribution is -2.20. The zero-order valence-electron chi connectivity index (χ0n) is 15.1. The molecule has 1 heterocycles. The van der Waals surface area contributed by atoms with Gasteiger partial charge in [-0.3, -0.25) is 0 Å². The molecule has 2 N–H and O–H groups in total. The summed E-state index contributed by atoms with van der Waals surface area (Å²) in [5.41, 5.74) is 1.55. The molecular weight excluding hydrogens is 452 g/mol. The summed E-state index contributed by atoms with van der Waals surface area (Å²) in [7, 11) is 0. The third kappa shape index (κ3) is 5.27. The van der Waals surface area contributed by atoms with E-state index in [0.717, 1.165) is 21.5 Å². The lowest BCUT2D eigenvalue weighted by atomic mass is 10.1. The Hall–Kier alpha value is -1.97. The largest absolute Gasteiger partial charge is 0.462 e. The highest BCUT2D eigenvalue weighted by atomic mass is 79.9. The molecule has 0 spiro atoms. The van der Waals surface area contributed by atoms with Crippen LogP contribution in [0, 0.1) is 6.92 Å². The van der Waals surface area contributed by atoms with Crippen LogP contribution >= 0.6 is 39.5 Å². The zero-order valence-corrected chi connectivity index (χ0v) is 18.3. The summed E-state index contributed by atoms with van der Waals surface area (Å²) in [5, 5.41) is 6.76. The molecule has 0 aliphatic carbocycles. The van der Waals surface area contributed by atoms with Crippen molar-refractivity contribution in [3.63, 3.8) is 0 Å². The molecule has 144 valence electrons. The summed E-state index contributed by atoms with van der Waals surface area (Å²) in [6, 6.07) is 7.49. The van der Waals surface area contributed by atoms with Crippen LogP contribution in [-0.2, 0) is 9.47 Å². The molecule has 27 heavy (non-hydrogen) atoms. The number of para-hydroxylation sites is 1. The highest BCUT2D eigenvalue weighted by Gasteiger charge is 2.26. The molecular formula is C18H19BrN2O4S2. The summed E-state index contributed by atoms with van der Waals surface area (Å²) in [5.74, 6) is -1.00. The van der Waals surface area contributed by atoms with Crippen molar-refractivity contribution in [3.8, 4) is 0 Å². The lowest BCUT2D eigenvalue weighted by molar-refractivity contribution is 0.0527. The predicted molar refractivity (Wildman–Crippen MR) is 115 cm³/mol. The molecule has 0 saturated carbocycles. The molecule has 0 aliphatic heterocycles. The normalized spacial score (nSPS) is 10.2. The second kappa shape index (κ2) is 9.82. The van der Waals surface area contributed by atoms with Gasteiger partial charge in [-0.15, -0.1) is 11.3 Å². The first-order valence-electron chi connectivity index (χ1n) is 8.19. The second-order valence-electron chi connectivity index (χ2n) is 5.26. The minimum atomic E-state index is -0.520. The Bertz CT molecular complexity index is 867.